The van der Waals surface area contributed by atoms with Crippen LogP contribution in [-0.2, 0) is 4.74 Å². The molecule has 2 rings (SSSR count). The van der Waals surface area contributed by atoms with Crippen molar-refractivity contribution in [2.45, 2.75) is 39.0 Å². The van der Waals surface area contributed by atoms with Crippen LogP contribution in [0.25, 0.3) is 0 Å². The van der Waals surface area contributed by atoms with E-state index in [-0.39, 0.29) is 24.0 Å². The summed E-state index contributed by atoms with van der Waals surface area (Å²) in [5.74, 6) is 1.74. The molecule has 0 aromatic carbocycles. The summed E-state index contributed by atoms with van der Waals surface area (Å²) in [5, 5.41) is 6.93. The summed E-state index contributed by atoms with van der Waals surface area (Å²) in [6, 6.07) is 0. The van der Waals surface area contributed by atoms with Gasteiger partial charge in [0, 0.05) is 39.9 Å². The first-order valence-electron chi connectivity index (χ1n) is 8.87. The van der Waals surface area contributed by atoms with Crippen molar-refractivity contribution in [3.05, 3.63) is 0 Å². The fraction of sp³-hybridized carbons (Fsp3) is 0.941. The first-order valence-corrected chi connectivity index (χ1v) is 8.87. The van der Waals surface area contributed by atoms with Gasteiger partial charge in [0.05, 0.1) is 0 Å². The van der Waals surface area contributed by atoms with Crippen LogP contribution in [0.4, 0.5) is 0 Å². The van der Waals surface area contributed by atoms with Gasteiger partial charge in [0.1, 0.15) is 0 Å². The van der Waals surface area contributed by atoms with Gasteiger partial charge in [-0.05, 0) is 57.5 Å². The second kappa shape index (κ2) is 10.7. The zero-order valence-electron chi connectivity index (χ0n) is 15.1. The minimum Gasteiger partial charge on any atom is -0.385 e. The molecule has 0 bridgehead atoms. The maximum Gasteiger partial charge on any atom is 0.191 e. The summed E-state index contributed by atoms with van der Waals surface area (Å²) in [5.41, 5.74) is 0.395. The zero-order valence-corrected chi connectivity index (χ0v) is 17.4. The Balaban J connectivity index is 0.00000264. The molecule has 1 heterocycles. The molecule has 1 saturated heterocycles. The molecular formula is C17H35IN4O. The molecule has 1 aliphatic heterocycles. The normalized spacial score (nSPS) is 24.0. The molecule has 0 amide bonds. The van der Waals surface area contributed by atoms with E-state index in [1.165, 1.54) is 38.8 Å². The summed E-state index contributed by atoms with van der Waals surface area (Å²) in [4.78, 5) is 7.27. The van der Waals surface area contributed by atoms with Gasteiger partial charge in [-0.1, -0.05) is 6.42 Å². The Morgan fingerprint density at radius 2 is 2.13 bits per heavy atom. The number of hydrogen-bond donors (Lipinski definition) is 2. The van der Waals surface area contributed by atoms with E-state index in [0.717, 1.165) is 44.5 Å². The van der Waals surface area contributed by atoms with Crippen molar-refractivity contribution < 1.29 is 4.74 Å². The van der Waals surface area contributed by atoms with Crippen molar-refractivity contribution in [2.75, 3.05) is 53.5 Å². The second-order valence-electron chi connectivity index (χ2n) is 7.09. The number of nitrogens with zero attached hydrogens (tertiary/aromatic N) is 2. The number of likely N-dealkylation sites (tertiary alicyclic amines) is 1. The maximum absolute atomic E-state index is 5.27. The van der Waals surface area contributed by atoms with Crippen molar-refractivity contribution in [3.63, 3.8) is 0 Å². The SMILES string of the molecule is CCNC(=NCC1(CCOC)CCC1)NCC1CCN(C)C1.I. The quantitative estimate of drug-likeness (QED) is 0.347. The standard InChI is InChI=1S/C17H34N4O.HI/c1-4-18-16(19-12-15-6-10-21(2)13-15)20-14-17(7-5-8-17)9-11-22-3;/h15H,4-14H2,1-3H3,(H2,18,19,20);1H. The summed E-state index contributed by atoms with van der Waals surface area (Å²) in [6.07, 6.45) is 6.37. The molecule has 0 aromatic heterocycles. The first kappa shape index (κ1) is 21.0. The highest BCUT2D eigenvalue weighted by atomic mass is 127. The van der Waals surface area contributed by atoms with Crippen LogP contribution in [0.1, 0.15) is 39.0 Å². The van der Waals surface area contributed by atoms with Gasteiger partial charge in [0.25, 0.3) is 0 Å². The number of aliphatic imine (C=N–C) groups is 1. The van der Waals surface area contributed by atoms with Gasteiger partial charge in [-0.25, -0.2) is 0 Å². The van der Waals surface area contributed by atoms with Gasteiger partial charge in [0.2, 0.25) is 0 Å². The van der Waals surface area contributed by atoms with E-state index in [2.05, 4.69) is 29.5 Å². The van der Waals surface area contributed by atoms with Crippen molar-refractivity contribution in [3.8, 4) is 0 Å². The molecule has 5 nitrogen and oxygen atoms in total. The van der Waals surface area contributed by atoms with Crippen molar-refractivity contribution >= 4 is 29.9 Å². The molecule has 136 valence electrons. The fourth-order valence-electron chi connectivity index (χ4n) is 3.50. The molecule has 0 radical (unpaired) electrons. The number of hydrogen-bond acceptors (Lipinski definition) is 3. The lowest BCUT2D eigenvalue weighted by Crippen LogP contribution is -2.42. The highest BCUT2D eigenvalue weighted by Crippen LogP contribution is 2.44. The Labute approximate surface area is 159 Å². The lowest BCUT2D eigenvalue weighted by molar-refractivity contribution is 0.0778. The third kappa shape index (κ3) is 6.74. The third-order valence-electron chi connectivity index (χ3n) is 5.21. The highest BCUT2D eigenvalue weighted by Gasteiger charge is 2.36. The zero-order chi connectivity index (χ0) is 15.8. The van der Waals surface area contributed by atoms with Crippen LogP contribution in [0.15, 0.2) is 4.99 Å². The molecule has 6 heteroatoms. The van der Waals surface area contributed by atoms with Gasteiger partial charge in [-0.15, -0.1) is 24.0 Å². The fourth-order valence-corrected chi connectivity index (χ4v) is 3.50. The highest BCUT2D eigenvalue weighted by molar-refractivity contribution is 14.0. The van der Waals surface area contributed by atoms with E-state index >= 15 is 0 Å². The maximum atomic E-state index is 5.27. The Kier molecular flexibility index (Phi) is 9.77. The van der Waals surface area contributed by atoms with Crippen LogP contribution in [-0.4, -0.2) is 64.3 Å². The molecule has 0 spiro atoms. The Hall–Kier alpha value is -0.0800. The van der Waals surface area contributed by atoms with Crippen LogP contribution in [0.2, 0.25) is 0 Å². The van der Waals surface area contributed by atoms with Crippen molar-refractivity contribution in [2.24, 2.45) is 16.3 Å². The molecule has 2 N–H and O–H groups in total. The Bertz CT molecular complexity index is 361. The van der Waals surface area contributed by atoms with Crippen molar-refractivity contribution in [1.82, 2.24) is 15.5 Å². The van der Waals surface area contributed by atoms with Crippen LogP contribution in [0, 0.1) is 11.3 Å². The number of methoxy groups -OCH3 is 1. The summed E-state index contributed by atoms with van der Waals surface area (Å²) >= 11 is 0. The van der Waals surface area contributed by atoms with Crippen LogP contribution in [0.3, 0.4) is 0 Å². The molecule has 1 atom stereocenters. The van der Waals surface area contributed by atoms with Gasteiger partial charge >= 0.3 is 0 Å². The summed E-state index contributed by atoms with van der Waals surface area (Å²) in [6.45, 7) is 8.28. The molecule has 1 saturated carbocycles. The van der Waals surface area contributed by atoms with Gasteiger partial charge in [-0.3, -0.25) is 4.99 Å². The lowest BCUT2D eigenvalue weighted by Gasteiger charge is -2.40. The number of guanidine groups is 1. The molecule has 23 heavy (non-hydrogen) atoms. The molecule has 2 fully saturated rings. The molecule has 0 aromatic rings. The minimum atomic E-state index is 0. The molecule has 1 aliphatic carbocycles. The average molecular weight is 438 g/mol. The van der Waals surface area contributed by atoms with Gasteiger partial charge < -0.3 is 20.3 Å². The predicted octanol–water partition coefficient (Wildman–Crippen LogP) is 2.32. The van der Waals surface area contributed by atoms with E-state index in [1.54, 1.807) is 7.11 Å². The lowest BCUT2D eigenvalue weighted by atomic mass is 9.67. The summed E-state index contributed by atoms with van der Waals surface area (Å²) in [7, 11) is 4.00. The predicted molar refractivity (Wildman–Crippen MR) is 108 cm³/mol. The van der Waals surface area contributed by atoms with Gasteiger partial charge in [-0.2, -0.15) is 0 Å². The van der Waals surface area contributed by atoms with Crippen molar-refractivity contribution in [1.29, 1.82) is 0 Å². The smallest absolute Gasteiger partial charge is 0.191 e. The first-order chi connectivity index (χ1) is 10.7. The number of nitrogens with one attached hydrogen (secondary N) is 2. The minimum absolute atomic E-state index is 0. The molecule has 1 unspecified atom stereocenters. The Morgan fingerprint density at radius 3 is 2.65 bits per heavy atom. The van der Waals surface area contributed by atoms with Crippen LogP contribution < -0.4 is 10.6 Å². The number of rotatable bonds is 8. The van der Waals surface area contributed by atoms with Gasteiger partial charge in [0.15, 0.2) is 5.96 Å². The monoisotopic (exact) mass is 438 g/mol. The van der Waals surface area contributed by atoms with E-state index in [0.29, 0.717) is 5.41 Å². The average Bonchev–Trinajstić information content (AvgIpc) is 2.88. The molecule has 2 aliphatic rings. The van der Waals surface area contributed by atoms with E-state index in [4.69, 9.17) is 9.73 Å². The largest absolute Gasteiger partial charge is 0.385 e. The third-order valence-corrected chi connectivity index (χ3v) is 5.21. The summed E-state index contributed by atoms with van der Waals surface area (Å²) < 4.78 is 5.27. The van der Waals surface area contributed by atoms with E-state index in [1.807, 2.05) is 0 Å². The molecular weight excluding hydrogens is 403 g/mol. The van der Waals surface area contributed by atoms with E-state index in [9.17, 15) is 0 Å². The van der Waals surface area contributed by atoms with Crippen LogP contribution in [0.5, 0.6) is 0 Å². The van der Waals surface area contributed by atoms with E-state index < -0.39 is 0 Å². The topological polar surface area (TPSA) is 48.9 Å². The Morgan fingerprint density at radius 1 is 1.35 bits per heavy atom. The second-order valence-corrected chi connectivity index (χ2v) is 7.09. The number of halogens is 1. The number of ether oxygens (including phenoxy) is 1. The van der Waals surface area contributed by atoms with Crippen LogP contribution >= 0.6 is 24.0 Å².